The summed E-state index contributed by atoms with van der Waals surface area (Å²) in [5.41, 5.74) is 6.91. The average molecular weight is 444 g/mol. The minimum absolute atomic E-state index is 0.0585. The number of aryl methyl sites for hydroxylation is 3. The monoisotopic (exact) mass is 443 g/mol. The molecule has 32 heavy (non-hydrogen) atoms. The molecule has 1 saturated heterocycles. The number of thiocarbonyl (C=S) groups is 1. The van der Waals surface area contributed by atoms with Gasteiger partial charge in [0, 0.05) is 17.1 Å². The van der Waals surface area contributed by atoms with Crippen molar-refractivity contribution in [3.63, 3.8) is 0 Å². The highest BCUT2D eigenvalue weighted by Crippen LogP contribution is 2.27. The summed E-state index contributed by atoms with van der Waals surface area (Å²) < 4.78 is 2.17. The van der Waals surface area contributed by atoms with Crippen LogP contribution >= 0.6 is 12.2 Å². The number of carbonyl (C=O) groups excluding carboxylic acids is 2. The first-order valence-corrected chi connectivity index (χ1v) is 11.0. The maximum atomic E-state index is 13.3. The summed E-state index contributed by atoms with van der Waals surface area (Å²) in [6.45, 7) is 8.13. The standard InChI is InChI=1S/C26H25N3O2S/c1-5-19-8-6-7-9-23(19)28-17(3)14-20(18(28)4)15-22-24(30)27-26(32)29(25(22)31)21-12-10-16(2)11-13-21/h6-15H,5H2,1-4H3,(H,27,30,32)/b22-15+. The van der Waals surface area contributed by atoms with Crippen LogP contribution in [0.2, 0.25) is 0 Å². The van der Waals surface area contributed by atoms with E-state index in [1.165, 1.54) is 10.5 Å². The van der Waals surface area contributed by atoms with Crippen LogP contribution in [-0.4, -0.2) is 21.5 Å². The zero-order valence-electron chi connectivity index (χ0n) is 18.6. The van der Waals surface area contributed by atoms with Crippen molar-refractivity contribution in [3.8, 4) is 5.69 Å². The topological polar surface area (TPSA) is 54.3 Å². The first kappa shape index (κ1) is 21.7. The fourth-order valence-electron chi connectivity index (χ4n) is 4.07. The Morgan fingerprint density at radius 3 is 2.38 bits per heavy atom. The molecular weight excluding hydrogens is 418 g/mol. The molecule has 5 nitrogen and oxygen atoms in total. The number of nitrogens with one attached hydrogen (secondary N) is 1. The summed E-state index contributed by atoms with van der Waals surface area (Å²) in [5.74, 6) is -0.913. The fraction of sp³-hybridized carbons (Fsp3) is 0.192. The van der Waals surface area contributed by atoms with Gasteiger partial charge in [-0.1, -0.05) is 42.8 Å². The third kappa shape index (κ3) is 3.78. The van der Waals surface area contributed by atoms with Crippen LogP contribution in [-0.2, 0) is 16.0 Å². The molecule has 2 amide bonds. The van der Waals surface area contributed by atoms with Gasteiger partial charge in [0.25, 0.3) is 11.8 Å². The summed E-state index contributed by atoms with van der Waals surface area (Å²) >= 11 is 5.30. The van der Waals surface area contributed by atoms with E-state index in [1.807, 2.05) is 63.2 Å². The van der Waals surface area contributed by atoms with E-state index >= 15 is 0 Å². The van der Waals surface area contributed by atoms with Gasteiger partial charge in [0.15, 0.2) is 5.11 Å². The summed E-state index contributed by atoms with van der Waals surface area (Å²) in [4.78, 5) is 27.4. The van der Waals surface area contributed by atoms with Gasteiger partial charge in [-0.3, -0.25) is 19.8 Å². The van der Waals surface area contributed by atoms with E-state index in [1.54, 1.807) is 6.08 Å². The molecule has 0 atom stereocenters. The normalized spacial score (nSPS) is 15.4. The van der Waals surface area contributed by atoms with Gasteiger partial charge in [0.05, 0.1) is 5.69 Å². The number of anilines is 1. The molecule has 1 fully saturated rings. The van der Waals surface area contributed by atoms with E-state index in [9.17, 15) is 9.59 Å². The Kier molecular flexibility index (Phi) is 5.80. The molecular formula is C26H25N3O2S. The number of carbonyl (C=O) groups is 2. The second kappa shape index (κ2) is 8.55. The van der Waals surface area contributed by atoms with Crippen LogP contribution in [0, 0.1) is 20.8 Å². The number of amides is 2. The van der Waals surface area contributed by atoms with Crippen LogP contribution in [0.1, 0.15) is 35.0 Å². The highest BCUT2D eigenvalue weighted by atomic mass is 32.1. The Morgan fingerprint density at radius 1 is 1.00 bits per heavy atom. The van der Waals surface area contributed by atoms with Gasteiger partial charge in [-0.15, -0.1) is 0 Å². The van der Waals surface area contributed by atoms with E-state index < -0.39 is 11.8 Å². The highest BCUT2D eigenvalue weighted by Gasteiger charge is 2.34. The van der Waals surface area contributed by atoms with Crippen LogP contribution in [0.25, 0.3) is 11.8 Å². The molecule has 0 aliphatic carbocycles. The molecule has 1 N–H and O–H groups in total. The maximum Gasteiger partial charge on any atom is 0.270 e. The molecule has 1 aliphatic heterocycles. The smallest absolute Gasteiger partial charge is 0.270 e. The lowest BCUT2D eigenvalue weighted by Gasteiger charge is -2.29. The van der Waals surface area contributed by atoms with E-state index in [2.05, 4.69) is 28.9 Å². The molecule has 2 aromatic carbocycles. The Labute approximate surface area is 193 Å². The average Bonchev–Trinajstić information content (AvgIpc) is 3.05. The molecule has 1 aliphatic rings. The molecule has 0 bridgehead atoms. The molecule has 4 rings (SSSR count). The van der Waals surface area contributed by atoms with Gasteiger partial charge in [0.2, 0.25) is 0 Å². The molecule has 162 valence electrons. The maximum absolute atomic E-state index is 13.3. The molecule has 0 unspecified atom stereocenters. The number of rotatable bonds is 4. The Morgan fingerprint density at radius 2 is 1.69 bits per heavy atom. The SMILES string of the molecule is CCc1ccccc1-n1c(C)cc(/C=C2\C(=O)NC(=S)N(c3ccc(C)cc3)C2=O)c1C. The second-order valence-electron chi connectivity index (χ2n) is 7.94. The molecule has 0 spiro atoms. The Hall–Kier alpha value is -3.51. The zero-order valence-corrected chi connectivity index (χ0v) is 19.4. The predicted octanol–water partition coefficient (Wildman–Crippen LogP) is 4.80. The van der Waals surface area contributed by atoms with Gasteiger partial charge < -0.3 is 4.57 Å². The predicted molar refractivity (Wildman–Crippen MR) is 132 cm³/mol. The first-order chi connectivity index (χ1) is 15.3. The van der Waals surface area contributed by atoms with Crippen molar-refractivity contribution in [3.05, 3.63) is 88.2 Å². The van der Waals surface area contributed by atoms with Gasteiger partial charge in [0.1, 0.15) is 5.57 Å². The molecule has 6 heteroatoms. The number of para-hydroxylation sites is 1. The lowest BCUT2D eigenvalue weighted by molar-refractivity contribution is -0.122. The van der Waals surface area contributed by atoms with E-state index in [-0.39, 0.29) is 10.7 Å². The van der Waals surface area contributed by atoms with E-state index in [0.717, 1.165) is 34.6 Å². The number of nitrogens with zero attached hydrogens (tertiary/aromatic N) is 2. The summed E-state index contributed by atoms with van der Waals surface area (Å²) in [7, 11) is 0. The van der Waals surface area contributed by atoms with Crippen molar-refractivity contribution >= 4 is 40.9 Å². The van der Waals surface area contributed by atoms with Crippen LogP contribution in [0.5, 0.6) is 0 Å². The van der Waals surface area contributed by atoms with Crippen molar-refractivity contribution in [1.29, 1.82) is 0 Å². The first-order valence-electron chi connectivity index (χ1n) is 10.6. The molecule has 2 heterocycles. The van der Waals surface area contributed by atoms with Crippen molar-refractivity contribution in [1.82, 2.24) is 9.88 Å². The van der Waals surface area contributed by atoms with Crippen molar-refractivity contribution in [2.75, 3.05) is 4.90 Å². The van der Waals surface area contributed by atoms with Gasteiger partial charge in [-0.2, -0.15) is 0 Å². The fourth-order valence-corrected chi connectivity index (χ4v) is 4.35. The Balaban J connectivity index is 1.78. The number of hydrogen-bond donors (Lipinski definition) is 1. The quantitative estimate of drug-likeness (QED) is 0.358. The van der Waals surface area contributed by atoms with Crippen LogP contribution < -0.4 is 10.2 Å². The van der Waals surface area contributed by atoms with Crippen LogP contribution in [0.3, 0.4) is 0 Å². The van der Waals surface area contributed by atoms with Crippen LogP contribution in [0.4, 0.5) is 5.69 Å². The number of hydrogen-bond acceptors (Lipinski definition) is 3. The van der Waals surface area contributed by atoms with Gasteiger partial charge in [-0.25, -0.2) is 0 Å². The minimum atomic E-state index is -0.484. The van der Waals surface area contributed by atoms with Gasteiger partial charge in [-0.05, 0) is 80.9 Å². The van der Waals surface area contributed by atoms with Crippen molar-refractivity contribution in [2.24, 2.45) is 0 Å². The summed E-state index contributed by atoms with van der Waals surface area (Å²) in [6, 6.07) is 17.7. The van der Waals surface area contributed by atoms with Crippen molar-refractivity contribution in [2.45, 2.75) is 34.1 Å². The van der Waals surface area contributed by atoms with Crippen molar-refractivity contribution < 1.29 is 9.59 Å². The second-order valence-corrected chi connectivity index (χ2v) is 8.32. The minimum Gasteiger partial charge on any atom is -0.318 e. The highest BCUT2D eigenvalue weighted by molar-refractivity contribution is 7.80. The lowest BCUT2D eigenvalue weighted by atomic mass is 10.1. The summed E-state index contributed by atoms with van der Waals surface area (Å²) in [5, 5.41) is 2.74. The van der Waals surface area contributed by atoms with E-state index in [4.69, 9.17) is 12.2 Å². The largest absolute Gasteiger partial charge is 0.318 e. The third-order valence-electron chi connectivity index (χ3n) is 5.78. The number of benzene rings is 2. The summed E-state index contributed by atoms with van der Waals surface area (Å²) in [6.07, 6.45) is 2.57. The molecule has 1 aromatic heterocycles. The molecule has 0 radical (unpaired) electrons. The van der Waals surface area contributed by atoms with Crippen LogP contribution in [0.15, 0.2) is 60.2 Å². The van der Waals surface area contributed by atoms with E-state index in [0.29, 0.717) is 5.69 Å². The third-order valence-corrected chi connectivity index (χ3v) is 6.06. The lowest BCUT2D eigenvalue weighted by Crippen LogP contribution is -2.54. The molecule has 3 aromatic rings. The van der Waals surface area contributed by atoms with Gasteiger partial charge >= 0.3 is 0 Å². The zero-order chi connectivity index (χ0) is 23.0. The number of aromatic nitrogens is 1. The molecule has 0 saturated carbocycles. The Bertz CT molecular complexity index is 1270.